The Labute approximate surface area is 198 Å². The number of benzene rings is 1. The van der Waals surface area contributed by atoms with E-state index in [9.17, 15) is 4.79 Å². The second kappa shape index (κ2) is 9.09. The first-order valence-electron chi connectivity index (χ1n) is 11.5. The molecular formula is C25H28N8O. The summed E-state index contributed by atoms with van der Waals surface area (Å²) in [5.41, 5.74) is 9.41. The fourth-order valence-corrected chi connectivity index (χ4v) is 4.34. The van der Waals surface area contributed by atoms with Crippen LogP contribution < -0.4 is 16.0 Å². The lowest BCUT2D eigenvalue weighted by Gasteiger charge is -2.14. The van der Waals surface area contributed by atoms with Gasteiger partial charge in [0.05, 0.1) is 6.54 Å². The summed E-state index contributed by atoms with van der Waals surface area (Å²) in [6, 6.07) is 5.97. The molecule has 1 amide bonds. The molecule has 3 aromatic heterocycles. The number of imidazole rings is 1. The third-order valence-electron chi connectivity index (χ3n) is 6.33. The summed E-state index contributed by atoms with van der Waals surface area (Å²) in [4.78, 5) is 32.7. The van der Waals surface area contributed by atoms with E-state index in [1.54, 1.807) is 12.4 Å². The Bertz CT molecular complexity index is 1340. The summed E-state index contributed by atoms with van der Waals surface area (Å²) >= 11 is 0. The van der Waals surface area contributed by atoms with Gasteiger partial charge in [-0.25, -0.2) is 19.9 Å². The molecule has 0 bridgehead atoms. The lowest BCUT2D eigenvalue weighted by Crippen LogP contribution is -2.23. The van der Waals surface area contributed by atoms with Crippen LogP contribution in [0.4, 0.5) is 11.8 Å². The largest absolute Gasteiger partial charge is 0.383 e. The highest BCUT2D eigenvalue weighted by Crippen LogP contribution is 2.23. The summed E-state index contributed by atoms with van der Waals surface area (Å²) in [5.74, 6) is 1.84. The fraction of sp³-hybridized carbons (Fsp3) is 0.320. The molecule has 9 heteroatoms. The number of amides is 1. The highest BCUT2D eigenvalue weighted by atomic mass is 16.1. The minimum absolute atomic E-state index is 0.212. The number of hydrogen-bond acceptors (Lipinski definition) is 7. The van der Waals surface area contributed by atoms with Crippen LogP contribution in [0.25, 0.3) is 10.8 Å². The van der Waals surface area contributed by atoms with Crippen LogP contribution in [0.2, 0.25) is 0 Å². The Hall–Kier alpha value is -4.01. The van der Waals surface area contributed by atoms with Crippen LogP contribution in [0, 0.1) is 13.8 Å². The van der Waals surface area contributed by atoms with E-state index in [1.165, 1.54) is 12.8 Å². The van der Waals surface area contributed by atoms with Crippen molar-refractivity contribution in [3.8, 4) is 0 Å². The molecule has 0 spiro atoms. The van der Waals surface area contributed by atoms with Crippen molar-refractivity contribution in [3.63, 3.8) is 0 Å². The van der Waals surface area contributed by atoms with E-state index in [1.807, 2.05) is 49.0 Å². The summed E-state index contributed by atoms with van der Waals surface area (Å²) in [7, 11) is 0. The van der Waals surface area contributed by atoms with Gasteiger partial charge in [0.1, 0.15) is 17.3 Å². The van der Waals surface area contributed by atoms with Crippen LogP contribution >= 0.6 is 0 Å². The molecule has 9 nitrogen and oxygen atoms in total. The third-order valence-corrected chi connectivity index (χ3v) is 6.33. The number of nitrogen functional groups attached to an aromatic ring is 1. The fourth-order valence-electron chi connectivity index (χ4n) is 4.34. The number of hydrogen-bond donors (Lipinski definition) is 2. The molecule has 34 heavy (non-hydrogen) atoms. The monoisotopic (exact) mass is 456 g/mol. The van der Waals surface area contributed by atoms with Crippen LogP contribution in [-0.4, -0.2) is 43.5 Å². The van der Waals surface area contributed by atoms with Crippen molar-refractivity contribution >= 4 is 28.4 Å². The molecule has 0 aliphatic carbocycles. The van der Waals surface area contributed by atoms with Gasteiger partial charge in [0, 0.05) is 55.4 Å². The van der Waals surface area contributed by atoms with E-state index in [-0.39, 0.29) is 5.91 Å². The molecule has 1 aliphatic heterocycles. The molecule has 0 saturated carbocycles. The number of nitrogens with one attached hydrogen (secondary N) is 1. The Balaban J connectivity index is 1.25. The number of pyridine rings is 1. The number of anilines is 2. The highest BCUT2D eigenvalue weighted by Gasteiger charge is 2.16. The molecule has 5 rings (SSSR count). The number of rotatable bonds is 6. The van der Waals surface area contributed by atoms with Crippen LogP contribution in [0.5, 0.6) is 0 Å². The van der Waals surface area contributed by atoms with E-state index in [4.69, 9.17) is 5.73 Å². The van der Waals surface area contributed by atoms with E-state index in [2.05, 4.69) is 30.2 Å². The van der Waals surface area contributed by atoms with Crippen molar-refractivity contribution in [1.82, 2.24) is 29.8 Å². The van der Waals surface area contributed by atoms with Gasteiger partial charge >= 0.3 is 0 Å². The highest BCUT2D eigenvalue weighted by molar-refractivity contribution is 5.93. The first-order valence-corrected chi connectivity index (χ1v) is 11.5. The summed E-state index contributed by atoms with van der Waals surface area (Å²) in [5, 5.41) is 4.91. The lowest BCUT2D eigenvalue weighted by atomic mass is 10.0. The molecular weight excluding hydrogens is 428 g/mol. The Morgan fingerprint density at radius 2 is 1.88 bits per heavy atom. The topological polar surface area (TPSA) is 115 Å². The van der Waals surface area contributed by atoms with Gasteiger partial charge in [-0.1, -0.05) is 0 Å². The minimum Gasteiger partial charge on any atom is -0.383 e. The average Bonchev–Trinajstić information content (AvgIpc) is 3.49. The summed E-state index contributed by atoms with van der Waals surface area (Å²) in [6.07, 6.45) is 9.55. The van der Waals surface area contributed by atoms with Crippen LogP contribution in [0.15, 0.2) is 43.0 Å². The summed E-state index contributed by atoms with van der Waals surface area (Å²) in [6.45, 7) is 6.89. The predicted octanol–water partition coefficient (Wildman–Crippen LogP) is 3.00. The van der Waals surface area contributed by atoms with Crippen LogP contribution in [-0.2, 0) is 13.1 Å². The van der Waals surface area contributed by atoms with Gasteiger partial charge in [-0.05, 0) is 61.4 Å². The van der Waals surface area contributed by atoms with Gasteiger partial charge in [-0.2, -0.15) is 0 Å². The van der Waals surface area contributed by atoms with Crippen molar-refractivity contribution in [1.29, 1.82) is 0 Å². The van der Waals surface area contributed by atoms with Gasteiger partial charge in [0.25, 0.3) is 5.91 Å². The molecule has 4 heterocycles. The van der Waals surface area contributed by atoms with Crippen molar-refractivity contribution in [3.05, 3.63) is 71.2 Å². The second-order valence-corrected chi connectivity index (χ2v) is 8.77. The molecule has 1 fully saturated rings. The molecule has 174 valence electrons. The number of aromatic nitrogens is 5. The smallest absolute Gasteiger partial charge is 0.271 e. The van der Waals surface area contributed by atoms with Crippen molar-refractivity contribution in [2.45, 2.75) is 39.8 Å². The first-order chi connectivity index (χ1) is 16.5. The molecule has 0 radical (unpaired) electrons. The molecule has 4 aromatic rings. The van der Waals surface area contributed by atoms with Crippen LogP contribution in [0.3, 0.4) is 0 Å². The average molecular weight is 457 g/mol. The maximum atomic E-state index is 12.8. The number of nitrogens with two attached hydrogens (primary N) is 1. The van der Waals surface area contributed by atoms with E-state index < -0.39 is 0 Å². The number of nitrogens with zero attached hydrogens (tertiary/aromatic N) is 6. The third kappa shape index (κ3) is 4.41. The zero-order chi connectivity index (χ0) is 23.7. The van der Waals surface area contributed by atoms with E-state index >= 15 is 0 Å². The van der Waals surface area contributed by atoms with Crippen molar-refractivity contribution in [2.24, 2.45) is 0 Å². The zero-order valence-electron chi connectivity index (χ0n) is 19.5. The molecule has 0 unspecified atom stereocenters. The predicted molar refractivity (Wildman–Crippen MR) is 132 cm³/mol. The van der Waals surface area contributed by atoms with E-state index in [0.717, 1.165) is 52.3 Å². The Morgan fingerprint density at radius 3 is 2.65 bits per heavy atom. The van der Waals surface area contributed by atoms with E-state index in [0.29, 0.717) is 24.6 Å². The molecule has 1 aliphatic rings. The zero-order valence-corrected chi connectivity index (χ0v) is 19.5. The number of carbonyl (C=O) groups is 1. The van der Waals surface area contributed by atoms with Crippen LogP contribution in [0.1, 0.15) is 45.8 Å². The maximum absolute atomic E-state index is 12.8. The standard InChI is InChI=1S/C25H28N8O/c1-16-9-21-19(5-6-27-23(21)26)10-20(16)13-28-24(34)22-15-33(17(2)31-22)14-18-11-29-25(30-12-18)32-7-3-4-8-32/h5-6,9-12,15H,3-4,7-8,13-14H2,1-2H3,(H2,26,27)(H,28,34). The van der Waals surface area contributed by atoms with Gasteiger partial charge in [0.15, 0.2) is 0 Å². The molecule has 0 atom stereocenters. The van der Waals surface area contributed by atoms with Crippen molar-refractivity contribution < 1.29 is 4.79 Å². The number of aryl methyl sites for hydroxylation is 2. The molecule has 1 aromatic carbocycles. The summed E-state index contributed by atoms with van der Waals surface area (Å²) < 4.78 is 1.94. The SMILES string of the molecule is Cc1cc2c(N)nccc2cc1CNC(=O)c1cn(Cc2cnc(N3CCCC3)nc2)c(C)n1. The van der Waals surface area contributed by atoms with Gasteiger partial charge < -0.3 is 20.5 Å². The van der Waals surface area contributed by atoms with Gasteiger partial charge in [0.2, 0.25) is 5.95 Å². The molecule has 1 saturated heterocycles. The lowest BCUT2D eigenvalue weighted by molar-refractivity contribution is 0.0946. The quantitative estimate of drug-likeness (QED) is 0.458. The number of fused-ring (bicyclic) bond motifs is 1. The molecule has 3 N–H and O–H groups in total. The van der Waals surface area contributed by atoms with Gasteiger partial charge in [-0.3, -0.25) is 4.79 Å². The second-order valence-electron chi connectivity index (χ2n) is 8.77. The Morgan fingerprint density at radius 1 is 1.12 bits per heavy atom. The van der Waals surface area contributed by atoms with Gasteiger partial charge in [-0.15, -0.1) is 0 Å². The van der Waals surface area contributed by atoms with Crippen molar-refractivity contribution in [2.75, 3.05) is 23.7 Å². The number of carbonyl (C=O) groups excluding carboxylic acids is 1. The Kier molecular flexibility index (Phi) is 5.83. The first kappa shape index (κ1) is 21.8. The normalized spacial score (nSPS) is 13.5. The maximum Gasteiger partial charge on any atom is 0.271 e. The minimum atomic E-state index is -0.212.